The van der Waals surface area contributed by atoms with E-state index in [1.165, 1.54) is 12.8 Å². The monoisotopic (exact) mass is 412 g/mol. The summed E-state index contributed by atoms with van der Waals surface area (Å²) >= 11 is 3.56. The molecule has 1 aromatic heterocycles. The lowest BCUT2D eigenvalue weighted by molar-refractivity contribution is 0.297. The van der Waals surface area contributed by atoms with E-state index in [0.717, 1.165) is 51.6 Å². The molecule has 5 heteroatoms. The highest BCUT2D eigenvalue weighted by Crippen LogP contribution is 2.34. The van der Waals surface area contributed by atoms with Crippen molar-refractivity contribution in [2.24, 2.45) is 5.92 Å². The van der Waals surface area contributed by atoms with E-state index < -0.39 is 0 Å². The average molecular weight is 413 g/mol. The Morgan fingerprint density at radius 3 is 2.77 bits per heavy atom. The number of ether oxygens (including phenoxy) is 2. The van der Waals surface area contributed by atoms with E-state index in [0.29, 0.717) is 5.88 Å². The highest BCUT2D eigenvalue weighted by atomic mass is 79.9. The Morgan fingerprint density at radius 2 is 2.00 bits per heavy atom. The van der Waals surface area contributed by atoms with Crippen molar-refractivity contribution in [1.29, 1.82) is 0 Å². The summed E-state index contributed by atoms with van der Waals surface area (Å²) in [5, 5.41) is 4.39. The standard InChI is InChI=1S/C21H21BrN2O2/c1-2-23-16-6-8-19-15(11-16)5-10-21(24-19)26-17-7-9-20(18(22)12-17)25-13-14-3-4-14/h5-12,14,23H,2-4,13H2,1H3. The number of hydrogen-bond donors (Lipinski definition) is 1. The van der Waals surface area contributed by atoms with E-state index in [-0.39, 0.29) is 0 Å². The molecule has 0 aliphatic heterocycles. The topological polar surface area (TPSA) is 43.4 Å². The van der Waals surface area contributed by atoms with Gasteiger partial charge in [-0.3, -0.25) is 0 Å². The Hall–Kier alpha value is -2.27. The van der Waals surface area contributed by atoms with Gasteiger partial charge in [0, 0.05) is 23.7 Å². The summed E-state index contributed by atoms with van der Waals surface area (Å²) in [5.74, 6) is 2.89. The van der Waals surface area contributed by atoms with Gasteiger partial charge in [0.25, 0.3) is 0 Å². The fourth-order valence-electron chi connectivity index (χ4n) is 2.75. The summed E-state index contributed by atoms with van der Waals surface area (Å²) in [6, 6.07) is 15.8. The minimum Gasteiger partial charge on any atom is -0.492 e. The van der Waals surface area contributed by atoms with Gasteiger partial charge in [-0.1, -0.05) is 0 Å². The Morgan fingerprint density at radius 1 is 1.12 bits per heavy atom. The lowest BCUT2D eigenvalue weighted by Gasteiger charge is -2.11. The third-order valence-electron chi connectivity index (χ3n) is 4.34. The molecule has 1 fully saturated rings. The molecule has 1 N–H and O–H groups in total. The fourth-order valence-corrected chi connectivity index (χ4v) is 3.23. The van der Waals surface area contributed by atoms with Crippen molar-refractivity contribution in [2.75, 3.05) is 18.5 Å². The first-order valence-corrected chi connectivity index (χ1v) is 9.75. The van der Waals surface area contributed by atoms with Gasteiger partial charge in [-0.2, -0.15) is 0 Å². The lowest BCUT2D eigenvalue weighted by Crippen LogP contribution is -1.99. The van der Waals surface area contributed by atoms with Crippen LogP contribution >= 0.6 is 15.9 Å². The normalized spacial score (nSPS) is 13.6. The van der Waals surface area contributed by atoms with Crippen LogP contribution in [0.25, 0.3) is 10.9 Å². The zero-order valence-corrected chi connectivity index (χ0v) is 16.3. The van der Waals surface area contributed by atoms with Crippen molar-refractivity contribution in [1.82, 2.24) is 4.98 Å². The summed E-state index contributed by atoms with van der Waals surface area (Å²) in [4.78, 5) is 4.60. The molecule has 1 saturated carbocycles. The molecule has 0 unspecified atom stereocenters. The lowest BCUT2D eigenvalue weighted by atomic mass is 10.2. The molecule has 1 aliphatic rings. The van der Waals surface area contributed by atoms with Gasteiger partial charge in [-0.15, -0.1) is 0 Å². The highest BCUT2D eigenvalue weighted by Gasteiger charge is 2.22. The van der Waals surface area contributed by atoms with Crippen molar-refractivity contribution < 1.29 is 9.47 Å². The van der Waals surface area contributed by atoms with Gasteiger partial charge in [0.05, 0.1) is 16.6 Å². The van der Waals surface area contributed by atoms with Gasteiger partial charge < -0.3 is 14.8 Å². The summed E-state index contributed by atoms with van der Waals surface area (Å²) in [6.07, 6.45) is 2.56. The molecule has 0 saturated heterocycles. The maximum Gasteiger partial charge on any atom is 0.219 e. The Balaban J connectivity index is 1.49. The zero-order chi connectivity index (χ0) is 17.9. The third-order valence-corrected chi connectivity index (χ3v) is 4.96. The average Bonchev–Trinajstić information content (AvgIpc) is 3.46. The van der Waals surface area contributed by atoms with Crippen molar-refractivity contribution in [2.45, 2.75) is 19.8 Å². The number of aromatic nitrogens is 1. The SMILES string of the molecule is CCNc1ccc2nc(Oc3ccc(OCC4CC4)c(Br)c3)ccc2c1. The first-order valence-electron chi connectivity index (χ1n) is 8.96. The quantitative estimate of drug-likeness (QED) is 0.515. The first kappa shape index (κ1) is 17.2. The molecule has 2 aromatic carbocycles. The summed E-state index contributed by atoms with van der Waals surface area (Å²) in [7, 11) is 0. The molecule has 1 aliphatic carbocycles. The van der Waals surface area contributed by atoms with E-state index in [9.17, 15) is 0 Å². The molecule has 4 rings (SSSR count). The van der Waals surface area contributed by atoms with Crippen LogP contribution < -0.4 is 14.8 Å². The van der Waals surface area contributed by atoms with Gasteiger partial charge in [0.15, 0.2) is 0 Å². The summed E-state index contributed by atoms with van der Waals surface area (Å²) in [6.45, 7) is 3.77. The molecule has 4 nitrogen and oxygen atoms in total. The van der Waals surface area contributed by atoms with E-state index in [1.54, 1.807) is 0 Å². The van der Waals surface area contributed by atoms with Crippen molar-refractivity contribution >= 4 is 32.5 Å². The van der Waals surface area contributed by atoms with Crippen molar-refractivity contribution in [3.8, 4) is 17.4 Å². The number of anilines is 1. The maximum absolute atomic E-state index is 5.93. The smallest absolute Gasteiger partial charge is 0.219 e. The van der Waals surface area contributed by atoms with E-state index >= 15 is 0 Å². The second kappa shape index (κ2) is 7.54. The minimum absolute atomic E-state index is 0.576. The number of fused-ring (bicyclic) bond motifs is 1. The second-order valence-corrected chi connectivity index (χ2v) is 7.39. The number of hydrogen-bond acceptors (Lipinski definition) is 4. The van der Waals surface area contributed by atoms with E-state index in [4.69, 9.17) is 9.47 Å². The predicted molar refractivity (Wildman–Crippen MR) is 108 cm³/mol. The van der Waals surface area contributed by atoms with Crippen LogP contribution in [0.3, 0.4) is 0 Å². The van der Waals surface area contributed by atoms with E-state index in [1.807, 2.05) is 42.5 Å². The van der Waals surface area contributed by atoms with Crippen LogP contribution in [-0.4, -0.2) is 18.1 Å². The Kier molecular flexibility index (Phi) is 4.98. The minimum atomic E-state index is 0.576. The predicted octanol–water partition coefficient (Wildman–Crippen LogP) is 6.01. The molecule has 0 atom stereocenters. The van der Waals surface area contributed by atoms with Crippen LogP contribution in [-0.2, 0) is 0 Å². The second-order valence-electron chi connectivity index (χ2n) is 6.54. The zero-order valence-electron chi connectivity index (χ0n) is 14.7. The van der Waals surface area contributed by atoms with Gasteiger partial charge in [-0.25, -0.2) is 4.98 Å². The summed E-state index contributed by atoms with van der Waals surface area (Å²) in [5.41, 5.74) is 2.01. The van der Waals surface area contributed by atoms with Gasteiger partial charge in [0.2, 0.25) is 5.88 Å². The van der Waals surface area contributed by atoms with Gasteiger partial charge in [0.1, 0.15) is 11.5 Å². The number of nitrogens with one attached hydrogen (secondary N) is 1. The Bertz CT molecular complexity index is 925. The highest BCUT2D eigenvalue weighted by molar-refractivity contribution is 9.10. The number of rotatable bonds is 7. The van der Waals surface area contributed by atoms with Gasteiger partial charge in [-0.05, 0) is 84.1 Å². The molecule has 0 radical (unpaired) electrons. The molecular weight excluding hydrogens is 392 g/mol. The Labute approximate surface area is 161 Å². The van der Waals surface area contributed by atoms with Gasteiger partial charge >= 0.3 is 0 Å². The molecule has 1 heterocycles. The van der Waals surface area contributed by atoms with Crippen LogP contribution in [0.4, 0.5) is 5.69 Å². The fraction of sp³-hybridized carbons (Fsp3) is 0.286. The third kappa shape index (κ3) is 4.10. The van der Waals surface area contributed by atoms with E-state index in [2.05, 4.69) is 39.2 Å². The molecule has 26 heavy (non-hydrogen) atoms. The number of halogens is 1. The van der Waals surface area contributed by atoms with Crippen molar-refractivity contribution in [3.05, 3.63) is 53.0 Å². The molecular formula is C21H21BrN2O2. The van der Waals surface area contributed by atoms with Crippen LogP contribution in [0, 0.1) is 5.92 Å². The number of nitrogens with zero attached hydrogens (tertiary/aromatic N) is 1. The molecule has 3 aromatic rings. The van der Waals surface area contributed by atoms with Crippen molar-refractivity contribution in [3.63, 3.8) is 0 Å². The maximum atomic E-state index is 5.93. The van der Waals surface area contributed by atoms with Crippen LogP contribution in [0.15, 0.2) is 53.0 Å². The molecule has 134 valence electrons. The van der Waals surface area contributed by atoms with Crippen LogP contribution in [0.5, 0.6) is 17.4 Å². The number of benzene rings is 2. The largest absolute Gasteiger partial charge is 0.492 e. The molecule has 0 amide bonds. The molecule has 0 bridgehead atoms. The van der Waals surface area contributed by atoms with Crippen LogP contribution in [0.2, 0.25) is 0 Å². The first-order chi connectivity index (χ1) is 12.7. The van der Waals surface area contributed by atoms with Crippen LogP contribution in [0.1, 0.15) is 19.8 Å². The number of pyridine rings is 1. The molecule has 0 spiro atoms. The summed E-state index contributed by atoms with van der Waals surface area (Å²) < 4.78 is 12.7.